The Bertz CT molecular complexity index is 660. The smallest absolute Gasteiger partial charge is 0.317 e. The van der Waals surface area contributed by atoms with Crippen LogP contribution in [0.3, 0.4) is 0 Å². The maximum absolute atomic E-state index is 11.8. The Balaban J connectivity index is 0.00000300. The van der Waals surface area contributed by atoms with E-state index < -0.39 is 0 Å². The summed E-state index contributed by atoms with van der Waals surface area (Å²) in [5.74, 6) is 0.785. The minimum Gasteiger partial charge on any atom is -0.368 e. The molecule has 0 atom stereocenters. The average molecular weight is 508 g/mol. The number of urea groups is 1. The van der Waals surface area contributed by atoms with Gasteiger partial charge in [0, 0.05) is 46.3 Å². The molecule has 1 aliphatic heterocycles. The number of amides is 2. The highest BCUT2D eigenvalue weighted by atomic mass is 79.9. The molecular weight excluding hydrogens is 475 g/mol. The van der Waals surface area contributed by atoms with Crippen LogP contribution >= 0.6 is 40.2 Å². The molecule has 0 aromatic heterocycles. The van der Waals surface area contributed by atoms with Crippen LogP contribution in [-0.2, 0) is 0 Å². The zero-order chi connectivity index (χ0) is 20.1. The minimum absolute atomic E-state index is 0. The summed E-state index contributed by atoms with van der Waals surface area (Å²) in [6.07, 6.45) is 5.90. The molecular formula is C21H33BrCl2N4O. The summed E-state index contributed by atoms with van der Waals surface area (Å²) in [4.78, 5) is 18.3. The number of carbonyl (C=O) groups is 1. The van der Waals surface area contributed by atoms with Crippen LogP contribution in [0.5, 0.6) is 0 Å². The van der Waals surface area contributed by atoms with E-state index in [1.54, 1.807) is 19.0 Å². The molecule has 1 aliphatic carbocycles. The summed E-state index contributed by atoms with van der Waals surface area (Å²) in [5, 5.41) is 4.41. The number of carbonyl (C=O) groups excluding carboxylic acids is 1. The normalized spacial score (nSPS) is 22.7. The van der Waals surface area contributed by atoms with Crippen LogP contribution < -0.4 is 10.2 Å². The minimum atomic E-state index is 0. The molecule has 8 heteroatoms. The second-order valence-corrected chi connectivity index (χ2v) is 9.04. The summed E-state index contributed by atoms with van der Waals surface area (Å²) in [6, 6.07) is 6.23. The van der Waals surface area contributed by atoms with Crippen LogP contribution in [0, 0.1) is 5.92 Å². The lowest BCUT2D eigenvalue weighted by Gasteiger charge is -2.37. The van der Waals surface area contributed by atoms with Gasteiger partial charge in [-0.3, -0.25) is 4.90 Å². The molecule has 3 rings (SSSR count). The Hall–Kier alpha value is -0.690. The summed E-state index contributed by atoms with van der Waals surface area (Å²) < 4.78 is 0. The number of hydrogen-bond acceptors (Lipinski definition) is 3. The quantitative estimate of drug-likeness (QED) is 0.615. The first-order valence-corrected chi connectivity index (χ1v) is 11.1. The van der Waals surface area contributed by atoms with Crippen LogP contribution in [-0.4, -0.2) is 68.7 Å². The molecule has 2 fully saturated rings. The molecule has 1 saturated heterocycles. The lowest BCUT2D eigenvalue weighted by atomic mass is 9.84. The number of nitrogens with zero attached hydrogens (tertiary/aromatic N) is 3. The van der Waals surface area contributed by atoms with E-state index in [1.807, 2.05) is 12.1 Å². The van der Waals surface area contributed by atoms with Crippen molar-refractivity contribution < 1.29 is 4.79 Å². The van der Waals surface area contributed by atoms with E-state index in [0.717, 1.165) is 57.2 Å². The molecule has 2 amide bonds. The standard InChI is InChI=1S/C21H32Cl2N4O.BrH/c1-25(2)21(28)24-17-8-6-16(7-9-17)10-11-26-12-14-27(15-13-26)19-5-3-4-18(22)20(19)23;/h3-5,16-17H,6-15H2,1-2H3,(H,24,28);1H. The number of halogens is 3. The monoisotopic (exact) mass is 506 g/mol. The molecule has 0 spiro atoms. The van der Waals surface area contributed by atoms with Gasteiger partial charge in [-0.05, 0) is 56.7 Å². The lowest BCUT2D eigenvalue weighted by molar-refractivity contribution is 0.194. The van der Waals surface area contributed by atoms with Crippen LogP contribution in [0.2, 0.25) is 10.0 Å². The van der Waals surface area contributed by atoms with Gasteiger partial charge in [0.15, 0.2) is 0 Å². The highest BCUT2D eigenvalue weighted by Crippen LogP contribution is 2.33. The van der Waals surface area contributed by atoms with Crippen LogP contribution in [0.1, 0.15) is 32.1 Å². The third-order valence-corrected chi connectivity index (χ3v) is 6.89. The Labute approximate surface area is 195 Å². The highest BCUT2D eigenvalue weighted by molar-refractivity contribution is 8.93. The fourth-order valence-electron chi connectivity index (χ4n) is 4.21. The fourth-order valence-corrected chi connectivity index (χ4v) is 4.63. The fraction of sp³-hybridized carbons (Fsp3) is 0.667. The molecule has 0 unspecified atom stereocenters. The van der Waals surface area contributed by atoms with E-state index in [-0.39, 0.29) is 23.0 Å². The first-order valence-electron chi connectivity index (χ1n) is 10.3. The topological polar surface area (TPSA) is 38.8 Å². The number of benzene rings is 1. The summed E-state index contributed by atoms with van der Waals surface area (Å²) >= 11 is 12.5. The maximum atomic E-state index is 11.8. The summed E-state index contributed by atoms with van der Waals surface area (Å²) in [5.41, 5.74) is 1.05. The molecule has 164 valence electrons. The van der Waals surface area contributed by atoms with Crippen molar-refractivity contribution in [3.05, 3.63) is 28.2 Å². The molecule has 1 aromatic rings. The van der Waals surface area contributed by atoms with Crippen molar-refractivity contribution in [1.29, 1.82) is 0 Å². The van der Waals surface area contributed by atoms with Crippen molar-refractivity contribution in [3.8, 4) is 0 Å². The van der Waals surface area contributed by atoms with Crippen LogP contribution in [0.25, 0.3) is 0 Å². The average Bonchev–Trinajstić information content (AvgIpc) is 2.70. The van der Waals surface area contributed by atoms with Gasteiger partial charge in [-0.2, -0.15) is 0 Å². The van der Waals surface area contributed by atoms with Gasteiger partial charge in [-0.15, -0.1) is 17.0 Å². The molecule has 1 heterocycles. The first-order chi connectivity index (χ1) is 13.4. The molecule has 1 saturated carbocycles. The van der Waals surface area contributed by atoms with E-state index in [2.05, 4.69) is 21.2 Å². The van der Waals surface area contributed by atoms with E-state index in [1.165, 1.54) is 19.3 Å². The zero-order valence-electron chi connectivity index (χ0n) is 17.4. The van der Waals surface area contributed by atoms with Gasteiger partial charge in [-0.1, -0.05) is 29.3 Å². The van der Waals surface area contributed by atoms with E-state index >= 15 is 0 Å². The van der Waals surface area contributed by atoms with Crippen molar-refractivity contribution >= 4 is 51.9 Å². The van der Waals surface area contributed by atoms with Crippen LogP contribution in [0.4, 0.5) is 10.5 Å². The van der Waals surface area contributed by atoms with E-state index in [9.17, 15) is 4.79 Å². The van der Waals surface area contributed by atoms with Crippen molar-refractivity contribution in [2.24, 2.45) is 5.92 Å². The second-order valence-electron chi connectivity index (χ2n) is 8.25. The molecule has 1 N–H and O–H groups in total. The second kappa shape index (κ2) is 11.6. The van der Waals surface area contributed by atoms with Gasteiger partial charge in [0.05, 0.1) is 15.7 Å². The molecule has 29 heavy (non-hydrogen) atoms. The van der Waals surface area contributed by atoms with Crippen LogP contribution in [0.15, 0.2) is 18.2 Å². The van der Waals surface area contributed by atoms with Gasteiger partial charge in [0.1, 0.15) is 0 Å². The van der Waals surface area contributed by atoms with Crippen molar-refractivity contribution in [2.45, 2.75) is 38.1 Å². The highest BCUT2D eigenvalue weighted by Gasteiger charge is 2.24. The molecule has 1 aromatic carbocycles. The predicted molar refractivity (Wildman–Crippen MR) is 128 cm³/mol. The van der Waals surface area contributed by atoms with E-state index in [0.29, 0.717) is 16.1 Å². The van der Waals surface area contributed by atoms with Gasteiger partial charge < -0.3 is 15.1 Å². The van der Waals surface area contributed by atoms with Gasteiger partial charge >= 0.3 is 6.03 Å². The van der Waals surface area contributed by atoms with Crippen molar-refractivity contribution in [2.75, 3.05) is 51.7 Å². The maximum Gasteiger partial charge on any atom is 0.317 e. The Morgan fingerprint density at radius 3 is 2.38 bits per heavy atom. The Kier molecular flexibility index (Phi) is 9.86. The lowest BCUT2D eigenvalue weighted by Crippen LogP contribution is -2.47. The van der Waals surface area contributed by atoms with Gasteiger partial charge in [0.2, 0.25) is 0 Å². The number of anilines is 1. The van der Waals surface area contributed by atoms with Gasteiger partial charge in [0.25, 0.3) is 0 Å². The number of piperazine rings is 1. The Morgan fingerprint density at radius 1 is 1.10 bits per heavy atom. The Morgan fingerprint density at radius 2 is 1.76 bits per heavy atom. The van der Waals surface area contributed by atoms with E-state index in [4.69, 9.17) is 23.2 Å². The summed E-state index contributed by atoms with van der Waals surface area (Å²) in [7, 11) is 3.59. The largest absolute Gasteiger partial charge is 0.368 e. The summed E-state index contributed by atoms with van der Waals surface area (Å²) in [6.45, 7) is 5.28. The zero-order valence-corrected chi connectivity index (χ0v) is 20.6. The number of hydrogen-bond donors (Lipinski definition) is 1. The number of rotatable bonds is 5. The SMILES string of the molecule is Br.CN(C)C(=O)NC1CCC(CCN2CCN(c3cccc(Cl)c3Cl)CC2)CC1. The molecule has 2 aliphatic rings. The molecule has 0 radical (unpaired) electrons. The molecule has 0 bridgehead atoms. The first kappa shape index (κ1) is 24.6. The number of nitrogens with one attached hydrogen (secondary N) is 1. The third kappa shape index (κ3) is 6.91. The third-order valence-electron chi connectivity index (χ3n) is 6.08. The molecule has 5 nitrogen and oxygen atoms in total. The van der Waals surface area contributed by atoms with Crippen molar-refractivity contribution in [1.82, 2.24) is 15.1 Å². The predicted octanol–water partition coefficient (Wildman–Crippen LogP) is 4.91. The van der Waals surface area contributed by atoms with Crippen molar-refractivity contribution in [3.63, 3.8) is 0 Å². The van der Waals surface area contributed by atoms with Gasteiger partial charge in [-0.25, -0.2) is 4.79 Å².